The molecule has 0 amide bonds. The molecule has 2 aliphatic rings. The zero-order valence-electron chi connectivity index (χ0n) is 9.32. The normalized spacial score (nSPS) is 30.8. The van der Waals surface area contributed by atoms with Crippen molar-refractivity contribution in [2.24, 2.45) is 0 Å². The van der Waals surface area contributed by atoms with Crippen molar-refractivity contribution in [2.75, 3.05) is 19.7 Å². The zero-order valence-corrected chi connectivity index (χ0v) is 9.32. The Hall–Kier alpha value is -0.940. The van der Waals surface area contributed by atoms with Crippen molar-refractivity contribution >= 4 is 0 Å². The van der Waals surface area contributed by atoms with Gasteiger partial charge in [0.2, 0.25) is 11.7 Å². The third kappa shape index (κ3) is 1.97. The van der Waals surface area contributed by atoms with E-state index in [4.69, 9.17) is 9.26 Å². The van der Waals surface area contributed by atoms with Gasteiger partial charge in [0.25, 0.3) is 0 Å². The first-order valence-corrected chi connectivity index (χ1v) is 6.09. The zero-order chi connectivity index (χ0) is 10.8. The molecule has 1 aromatic rings. The predicted molar refractivity (Wildman–Crippen MR) is 57.1 cm³/mol. The van der Waals surface area contributed by atoms with E-state index in [-0.39, 0.29) is 6.10 Å². The molecule has 0 saturated carbocycles. The molecule has 1 N–H and O–H groups in total. The maximum atomic E-state index is 5.54. The third-order valence-corrected chi connectivity index (χ3v) is 3.32. The van der Waals surface area contributed by atoms with Gasteiger partial charge in [-0.05, 0) is 32.2 Å². The van der Waals surface area contributed by atoms with Crippen molar-refractivity contribution in [1.29, 1.82) is 0 Å². The van der Waals surface area contributed by atoms with Crippen molar-refractivity contribution in [3.63, 3.8) is 0 Å². The standard InChI is InChI=1S/C11H17N3O2/c1-3-8(7-12-5-1)11-13-10(14-16-11)9-4-2-6-15-9/h8-9,12H,1-7H2/t8-,9?/m1/s1. The second-order valence-corrected chi connectivity index (χ2v) is 4.54. The fourth-order valence-corrected chi connectivity index (χ4v) is 2.39. The number of hydrogen-bond acceptors (Lipinski definition) is 5. The van der Waals surface area contributed by atoms with Crippen LogP contribution in [0.15, 0.2) is 4.52 Å². The summed E-state index contributed by atoms with van der Waals surface area (Å²) in [7, 11) is 0. The Kier molecular flexibility index (Phi) is 2.88. The highest BCUT2D eigenvalue weighted by molar-refractivity contribution is 4.99. The number of aromatic nitrogens is 2. The van der Waals surface area contributed by atoms with E-state index >= 15 is 0 Å². The largest absolute Gasteiger partial charge is 0.370 e. The molecule has 2 atom stereocenters. The molecule has 3 rings (SSSR count). The van der Waals surface area contributed by atoms with Crippen molar-refractivity contribution in [2.45, 2.75) is 37.7 Å². The fourth-order valence-electron chi connectivity index (χ4n) is 2.39. The Labute approximate surface area is 94.6 Å². The SMILES string of the molecule is C1COC(c2noc([C@@H]3CCCNC3)n2)C1. The maximum Gasteiger partial charge on any atom is 0.231 e. The third-order valence-electron chi connectivity index (χ3n) is 3.32. The summed E-state index contributed by atoms with van der Waals surface area (Å²) in [6.45, 7) is 2.87. The molecule has 0 spiro atoms. The number of ether oxygens (including phenoxy) is 1. The van der Waals surface area contributed by atoms with E-state index in [1.165, 1.54) is 6.42 Å². The topological polar surface area (TPSA) is 60.2 Å². The Morgan fingerprint density at radius 3 is 3.00 bits per heavy atom. The van der Waals surface area contributed by atoms with Crippen LogP contribution in [0.3, 0.4) is 0 Å². The summed E-state index contributed by atoms with van der Waals surface area (Å²) < 4.78 is 10.9. The Balaban J connectivity index is 1.71. The summed E-state index contributed by atoms with van der Waals surface area (Å²) in [5, 5.41) is 7.39. The molecule has 0 radical (unpaired) electrons. The van der Waals surface area contributed by atoms with Gasteiger partial charge < -0.3 is 14.6 Å². The lowest BCUT2D eigenvalue weighted by molar-refractivity contribution is 0.103. The molecule has 88 valence electrons. The molecule has 0 aromatic carbocycles. The summed E-state index contributed by atoms with van der Waals surface area (Å²) in [6.07, 6.45) is 4.50. The van der Waals surface area contributed by atoms with E-state index in [1.807, 2.05) is 0 Å². The molecule has 1 unspecified atom stereocenters. The molecule has 0 aliphatic carbocycles. The molecule has 5 heteroatoms. The number of hydrogen-bond donors (Lipinski definition) is 1. The number of rotatable bonds is 2. The van der Waals surface area contributed by atoms with Gasteiger partial charge in [0, 0.05) is 13.2 Å². The summed E-state index contributed by atoms with van der Waals surface area (Å²) in [4.78, 5) is 4.47. The van der Waals surface area contributed by atoms with E-state index in [0.29, 0.717) is 5.92 Å². The molecule has 1 aromatic heterocycles. The highest BCUT2D eigenvalue weighted by Gasteiger charge is 2.26. The van der Waals surface area contributed by atoms with Crippen molar-refractivity contribution in [3.8, 4) is 0 Å². The van der Waals surface area contributed by atoms with Gasteiger partial charge in [-0.2, -0.15) is 4.98 Å². The summed E-state index contributed by atoms with van der Waals surface area (Å²) in [5.41, 5.74) is 0. The van der Waals surface area contributed by atoms with Crippen LogP contribution in [0.25, 0.3) is 0 Å². The number of piperidine rings is 1. The van der Waals surface area contributed by atoms with Gasteiger partial charge in [-0.1, -0.05) is 5.16 Å². The average molecular weight is 223 g/mol. The minimum absolute atomic E-state index is 0.0639. The van der Waals surface area contributed by atoms with Gasteiger partial charge in [-0.3, -0.25) is 0 Å². The smallest absolute Gasteiger partial charge is 0.231 e. The molecule has 3 heterocycles. The van der Waals surface area contributed by atoms with Crippen molar-refractivity contribution < 1.29 is 9.26 Å². The molecule has 16 heavy (non-hydrogen) atoms. The summed E-state index contributed by atoms with van der Waals surface area (Å²) >= 11 is 0. The second kappa shape index (κ2) is 4.51. The van der Waals surface area contributed by atoms with E-state index in [1.54, 1.807) is 0 Å². The van der Waals surface area contributed by atoms with Gasteiger partial charge in [0.1, 0.15) is 6.10 Å². The van der Waals surface area contributed by atoms with Gasteiger partial charge in [-0.15, -0.1) is 0 Å². The van der Waals surface area contributed by atoms with Crippen molar-refractivity contribution in [3.05, 3.63) is 11.7 Å². The van der Waals surface area contributed by atoms with E-state index in [0.717, 1.165) is 50.7 Å². The summed E-state index contributed by atoms with van der Waals surface area (Å²) in [5.74, 6) is 1.90. The molecular formula is C11H17N3O2. The fraction of sp³-hybridized carbons (Fsp3) is 0.818. The van der Waals surface area contributed by atoms with Crippen LogP contribution in [0.5, 0.6) is 0 Å². The predicted octanol–water partition coefficient (Wildman–Crippen LogP) is 1.39. The highest BCUT2D eigenvalue weighted by atomic mass is 16.5. The molecule has 0 bridgehead atoms. The van der Waals surface area contributed by atoms with Crippen LogP contribution in [0.2, 0.25) is 0 Å². The molecule has 2 fully saturated rings. The van der Waals surface area contributed by atoms with Crippen LogP contribution in [0, 0.1) is 0 Å². The van der Waals surface area contributed by atoms with Crippen LogP contribution < -0.4 is 5.32 Å². The van der Waals surface area contributed by atoms with Gasteiger partial charge in [0.05, 0.1) is 5.92 Å². The van der Waals surface area contributed by atoms with Gasteiger partial charge in [0.15, 0.2) is 0 Å². The minimum Gasteiger partial charge on any atom is -0.370 e. The first kappa shape index (κ1) is 10.2. The van der Waals surface area contributed by atoms with E-state index in [9.17, 15) is 0 Å². The minimum atomic E-state index is 0.0639. The van der Waals surface area contributed by atoms with Crippen molar-refractivity contribution in [1.82, 2.24) is 15.5 Å². The van der Waals surface area contributed by atoms with Crippen LogP contribution in [0.1, 0.15) is 49.4 Å². The van der Waals surface area contributed by atoms with Gasteiger partial charge in [-0.25, -0.2) is 0 Å². The molecule has 2 aliphatic heterocycles. The monoisotopic (exact) mass is 223 g/mol. The lowest BCUT2D eigenvalue weighted by Crippen LogP contribution is -2.28. The lowest BCUT2D eigenvalue weighted by Gasteiger charge is -2.18. The lowest BCUT2D eigenvalue weighted by atomic mass is 10.00. The van der Waals surface area contributed by atoms with Gasteiger partial charge >= 0.3 is 0 Å². The average Bonchev–Trinajstić information content (AvgIpc) is 3.01. The number of nitrogens with zero attached hydrogens (tertiary/aromatic N) is 2. The highest BCUT2D eigenvalue weighted by Crippen LogP contribution is 2.28. The first-order chi connectivity index (χ1) is 7.93. The quantitative estimate of drug-likeness (QED) is 0.821. The van der Waals surface area contributed by atoms with Crippen LogP contribution >= 0.6 is 0 Å². The van der Waals surface area contributed by atoms with Crippen LogP contribution in [0.4, 0.5) is 0 Å². The second-order valence-electron chi connectivity index (χ2n) is 4.54. The van der Waals surface area contributed by atoms with Crippen LogP contribution in [-0.2, 0) is 4.74 Å². The first-order valence-electron chi connectivity index (χ1n) is 6.09. The molecule has 2 saturated heterocycles. The number of nitrogens with one attached hydrogen (secondary N) is 1. The Morgan fingerprint density at radius 2 is 2.25 bits per heavy atom. The maximum absolute atomic E-state index is 5.54. The van der Waals surface area contributed by atoms with E-state index < -0.39 is 0 Å². The Morgan fingerprint density at radius 1 is 1.25 bits per heavy atom. The molecule has 5 nitrogen and oxygen atoms in total. The summed E-state index contributed by atoms with van der Waals surface area (Å²) in [6, 6.07) is 0. The van der Waals surface area contributed by atoms with E-state index in [2.05, 4.69) is 15.5 Å². The Bertz CT molecular complexity index is 341. The molecular weight excluding hydrogens is 206 g/mol. The van der Waals surface area contributed by atoms with Crippen LogP contribution in [-0.4, -0.2) is 29.8 Å².